The van der Waals surface area contributed by atoms with E-state index in [1.807, 2.05) is 0 Å². The molecule has 70 valence electrons. The topological polar surface area (TPSA) is 3.24 Å². The molecule has 0 N–H and O–H groups in total. The minimum Gasteiger partial charge on any atom is -0.297 e. The van der Waals surface area contributed by atoms with Crippen LogP contribution < -0.4 is 0 Å². The van der Waals surface area contributed by atoms with Crippen LogP contribution in [-0.4, -0.2) is 35.0 Å². The number of thioether (sulfide) groups is 1. The maximum Gasteiger partial charge on any atom is 0.0225 e. The third-order valence-electron chi connectivity index (χ3n) is 3.47. The van der Waals surface area contributed by atoms with Crippen LogP contribution in [0.1, 0.15) is 26.7 Å². The van der Waals surface area contributed by atoms with E-state index in [1.165, 1.54) is 30.9 Å². The highest BCUT2D eigenvalue weighted by atomic mass is 32.2. The van der Waals surface area contributed by atoms with Gasteiger partial charge < -0.3 is 0 Å². The lowest BCUT2D eigenvalue weighted by molar-refractivity contribution is 0.207. The molecule has 3 unspecified atom stereocenters. The molecule has 2 rings (SSSR count). The summed E-state index contributed by atoms with van der Waals surface area (Å²) in [5, 5.41) is 0. The van der Waals surface area contributed by atoms with Gasteiger partial charge in [-0.1, -0.05) is 13.8 Å². The van der Waals surface area contributed by atoms with Crippen LogP contribution in [-0.2, 0) is 0 Å². The van der Waals surface area contributed by atoms with Crippen molar-refractivity contribution in [1.82, 2.24) is 4.90 Å². The molecular formula is C10H19NS. The number of rotatable bonds is 2. The standard InChI is InChI=1S/C10H19NS/c1-3-9-5-8-6-12-7-10(8)11(9)4-2/h8-10H,3-7H2,1-2H3. The first-order valence-electron chi connectivity index (χ1n) is 5.20. The van der Waals surface area contributed by atoms with Crippen LogP contribution in [0.4, 0.5) is 0 Å². The van der Waals surface area contributed by atoms with Gasteiger partial charge in [0, 0.05) is 17.8 Å². The number of fused-ring (bicyclic) bond motifs is 1. The molecule has 0 aromatic rings. The summed E-state index contributed by atoms with van der Waals surface area (Å²) in [5.74, 6) is 3.85. The molecule has 2 saturated heterocycles. The van der Waals surface area contributed by atoms with Crippen molar-refractivity contribution in [3.05, 3.63) is 0 Å². The van der Waals surface area contributed by atoms with Gasteiger partial charge in [-0.05, 0) is 31.1 Å². The molecule has 2 heteroatoms. The second-order valence-electron chi connectivity index (χ2n) is 3.99. The highest BCUT2D eigenvalue weighted by Crippen LogP contribution is 2.39. The fourth-order valence-corrected chi connectivity index (χ4v) is 4.33. The third kappa shape index (κ3) is 1.29. The average Bonchev–Trinajstić information content (AvgIpc) is 2.61. The molecule has 2 heterocycles. The summed E-state index contributed by atoms with van der Waals surface area (Å²) in [4.78, 5) is 2.74. The first-order chi connectivity index (χ1) is 5.86. The van der Waals surface area contributed by atoms with Gasteiger partial charge in [0.1, 0.15) is 0 Å². The summed E-state index contributed by atoms with van der Waals surface area (Å²) in [5.41, 5.74) is 0. The van der Waals surface area contributed by atoms with Crippen molar-refractivity contribution in [3.8, 4) is 0 Å². The molecule has 0 saturated carbocycles. The van der Waals surface area contributed by atoms with E-state index < -0.39 is 0 Å². The van der Waals surface area contributed by atoms with E-state index >= 15 is 0 Å². The molecule has 0 aromatic carbocycles. The molecule has 0 aliphatic carbocycles. The van der Waals surface area contributed by atoms with Crippen LogP contribution >= 0.6 is 11.8 Å². The second-order valence-corrected chi connectivity index (χ2v) is 5.07. The normalized spacial score (nSPS) is 42.0. The molecule has 2 aliphatic rings. The lowest BCUT2D eigenvalue weighted by atomic mass is 10.0. The summed E-state index contributed by atoms with van der Waals surface area (Å²) < 4.78 is 0. The van der Waals surface area contributed by atoms with Crippen molar-refractivity contribution in [2.24, 2.45) is 5.92 Å². The van der Waals surface area contributed by atoms with Crippen molar-refractivity contribution in [2.75, 3.05) is 18.1 Å². The van der Waals surface area contributed by atoms with Gasteiger partial charge in [0.15, 0.2) is 0 Å². The maximum atomic E-state index is 2.74. The molecular weight excluding hydrogens is 166 g/mol. The van der Waals surface area contributed by atoms with Crippen LogP contribution in [0.3, 0.4) is 0 Å². The van der Waals surface area contributed by atoms with Crippen molar-refractivity contribution < 1.29 is 0 Å². The molecule has 2 fully saturated rings. The molecule has 12 heavy (non-hydrogen) atoms. The van der Waals surface area contributed by atoms with E-state index in [2.05, 4.69) is 30.5 Å². The van der Waals surface area contributed by atoms with Crippen LogP contribution in [0.2, 0.25) is 0 Å². The van der Waals surface area contributed by atoms with Gasteiger partial charge in [0.05, 0.1) is 0 Å². The van der Waals surface area contributed by atoms with Crippen LogP contribution in [0.25, 0.3) is 0 Å². The fraction of sp³-hybridized carbons (Fsp3) is 1.00. The molecule has 3 atom stereocenters. The Morgan fingerprint density at radius 1 is 1.33 bits per heavy atom. The zero-order chi connectivity index (χ0) is 8.55. The first kappa shape index (κ1) is 8.89. The molecule has 0 bridgehead atoms. The summed E-state index contributed by atoms with van der Waals surface area (Å²) >= 11 is 2.16. The minimum absolute atomic E-state index is 0.908. The van der Waals surface area contributed by atoms with Crippen LogP contribution in [0.15, 0.2) is 0 Å². The first-order valence-corrected chi connectivity index (χ1v) is 6.35. The minimum atomic E-state index is 0.908. The van der Waals surface area contributed by atoms with Crippen molar-refractivity contribution in [3.63, 3.8) is 0 Å². The van der Waals surface area contributed by atoms with E-state index in [4.69, 9.17) is 0 Å². The monoisotopic (exact) mass is 185 g/mol. The van der Waals surface area contributed by atoms with E-state index in [0.29, 0.717) is 0 Å². The lowest BCUT2D eigenvalue weighted by Gasteiger charge is -2.26. The Bertz CT molecular complexity index is 160. The largest absolute Gasteiger partial charge is 0.297 e. The zero-order valence-corrected chi connectivity index (χ0v) is 8.94. The zero-order valence-electron chi connectivity index (χ0n) is 8.12. The predicted molar refractivity (Wildman–Crippen MR) is 55.7 cm³/mol. The van der Waals surface area contributed by atoms with E-state index in [1.54, 1.807) is 0 Å². The van der Waals surface area contributed by atoms with E-state index in [-0.39, 0.29) is 0 Å². The van der Waals surface area contributed by atoms with Gasteiger partial charge in [-0.25, -0.2) is 0 Å². The number of hydrogen-bond acceptors (Lipinski definition) is 2. The van der Waals surface area contributed by atoms with E-state index in [9.17, 15) is 0 Å². The summed E-state index contributed by atoms with van der Waals surface area (Å²) in [6.45, 7) is 5.91. The average molecular weight is 185 g/mol. The highest BCUT2D eigenvalue weighted by Gasteiger charge is 2.41. The number of likely N-dealkylation sites (tertiary alicyclic amines) is 1. The lowest BCUT2D eigenvalue weighted by Crippen LogP contribution is -2.37. The smallest absolute Gasteiger partial charge is 0.0225 e. The second kappa shape index (κ2) is 3.59. The van der Waals surface area contributed by atoms with Gasteiger partial charge in [-0.3, -0.25) is 4.90 Å². The van der Waals surface area contributed by atoms with Crippen molar-refractivity contribution in [1.29, 1.82) is 0 Å². The van der Waals surface area contributed by atoms with Gasteiger partial charge >= 0.3 is 0 Å². The fourth-order valence-electron chi connectivity index (χ4n) is 2.83. The molecule has 1 nitrogen and oxygen atoms in total. The molecule has 0 spiro atoms. The van der Waals surface area contributed by atoms with Crippen molar-refractivity contribution >= 4 is 11.8 Å². The SMILES string of the molecule is CCC1CC2CSCC2N1CC. The molecule has 0 amide bonds. The predicted octanol–water partition coefficient (Wildman–Crippen LogP) is 2.22. The highest BCUT2D eigenvalue weighted by molar-refractivity contribution is 7.99. The Kier molecular flexibility index (Phi) is 2.66. The molecule has 0 aromatic heterocycles. The van der Waals surface area contributed by atoms with Gasteiger partial charge in [0.2, 0.25) is 0 Å². The Morgan fingerprint density at radius 2 is 2.17 bits per heavy atom. The molecule has 2 aliphatic heterocycles. The van der Waals surface area contributed by atoms with Crippen molar-refractivity contribution in [2.45, 2.75) is 38.8 Å². The number of hydrogen-bond donors (Lipinski definition) is 0. The van der Waals surface area contributed by atoms with Gasteiger partial charge in [-0.2, -0.15) is 11.8 Å². The van der Waals surface area contributed by atoms with Crippen LogP contribution in [0.5, 0.6) is 0 Å². The summed E-state index contributed by atoms with van der Waals surface area (Å²) in [6, 6.07) is 1.84. The quantitative estimate of drug-likeness (QED) is 0.649. The molecule has 0 radical (unpaired) electrons. The third-order valence-corrected chi connectivity index (χ3v) is 4.71. The van der Waals surface area contributed by atoms with Gasteiger partial charge in [-0.15, -0.1) is 0 Å². The van der Waals surface area contributed by atoms with Crippen LogP contribution in [0, 0.1) is 5.92 Å². The summed E-state index contributed by atoms with van der Waals surface area (Å²) in [6.07, 6.45) is 2.83. The Morgan fingerprint density at radius 3 is 2.83 bits per heavy atom. The Hall–Kier alpha value is 0.310. The van der Waals surface area contributed by atoms with Gasteiger partial charge in [0.25, 0.3) is 0 Å². The summed E-state index contributed by atoms with van der Waals surface area (Å²) in [7, 11) is 0. The Labute approximate surface area is 79.9 Å². The number of nitrogens with zero attached hydrogens (tertiary/aromatic N) is 1. The van der Waals surface area contributed by atoms with E-state index in [0.717, 1.165) is 18.0 Å². The maximum absolute atomic E-state index is 2.74. The Balaban J connectivity index is 2.05.